The van der Waals surface area contributed by atoms with Gasteiger partial charge in [-0.25, -0.2) is 8.42 Å². The first-order chi connectivity index (χ1) is 23.3. The molecule has 0 spiro atoms. The van der Waals surface area contributed by atoms with Crippen molar-refractivity contribution < 1.29 is 32.4 Å². The summed E-state index contributed by atoms with van der Waals surface area (Å²) in [5.74, 6) is -2.55. The Hall–Kier alpha value is -2.36. The lowest BCUT2D eigenvalue weighted by Gasteiger charge is -2.41. The van der Waals surface area contributed by atoms with Crippen LogP contribution in [0.5, 0.6) is 0 Å². The Morgan fingerprint density at radius 2 is 1.53 bits per heavy atom. The molecule has 0 aromatic rings. The smallest absolute Gasteiger partial charge is 0.287 e. The number of rotatable bonds is 9. The highest BCUT2D eigenvalue weighted by molar-refractivity contribution is 7.92. The van der Waals surface area contributed by atoms with Crippen molar-refractivity contribution in [1.82, 2.24) is 10.2 Å². The van der Waals surface area contributed by atoms with E-state index in [2.05, 4.69) is 25.7 Å². The fourth-order valence-corrected chi connectivity index (χ4v) is 12.8. The maximum absolute atomic E-state index is 14.5. The van der Waals surface area contributed by atoms with Gasteiger partial charge in [0.1, 0.15) is 5.78 Å². The van der Waals surface area contributed by atoms with Crippen LogP contribution in [0.1, 0.15) is 136 Å². The maximum atomic E-state index is 14.5. The molecule has 3 saturated heterocycles. The summed E-state index contributed by atoms with van der Waals surface area (Å²) in [5, 5.41) is 2.11. The number of carbonyl (C=O) groups is 5. The summed E-state index contributed by atoms with van der Waals surface area (Å²) in [7, 11) is -3.24. The second kappa shape index (κ2) is 15.9. The average molecular weight is 701 g/mol. The lowest BCUT2D eigenvalue weighted by molar-refractivity contribution is -0.146. The number of Topliss-reactive ketones (excluding diaryl/α,β-unsaturated/α-hetero) is 3. The van der Waals surface area contributed by atoms with Crippen LogP contribution < -0.4 is 5.32 Å². The third-order valence-corrected chi connectivity index (χ3v) is 15.6. The standard InChI is InChI=1S/C39H60N2O7S/c1-4-21-40-36(45)35(44)27-16-11-8-6-5-7-9-12-17-28(37(46)41-26-30-33(38(30,2)3)34(41)31(43)24-27)23-29(42)25-39(19-13-10-14-20-39)32-18-15-22-49(32,47)48/h4,27-28,30,32-34H,1,5-26H2,2-3H3,(H,40,45)/t27-,28-,30+,32-,33+,34-/m1/s1. The normalized spacial score (nSPS) is 33.2. The lowest BCUT2D eigenvalue weighted by atomic mass is 9.67. The number of nitrogens with zero attached hydrogens (tertiary/aromatic N) is 1. The Morgan fingerprint density at radius 1 is 0.898 bits per heavy atom. The van der Waals surface area contributed by atoms with Crippen LogP contribution in [0.15, 0.2) is 12.7 Å². The number of sulfone groups is 1. The number of amides is 2. The average Bonchev–Trinajstić information content (AvgIpc) is 3.37. The first-order valence-electron chi connectivity index (χ1n) is 19.3. The van der Waals surface area contributed by atoms with Gasteiger partial charge in [-0.1, -0.05) is 84.1 Å². The first-order valence-corrected chi connectivity index (χ1v) is 21.0. The van der Waals surface area contributed by atoms with Crippen LogP contribution in [0.3, 0.4) is 0 Å². The Balaban J connectivity index is 1.37. The summed E-state index contributed by atoms with van der Waals surface area (Å²) in [6, 6.07) is -0.669. The highest BCUT2D eigenvalue weighted by Gasteiger charge is 2.69. The molecule has 2 saturated carbocycles. The van der Waals surface area contributed by atoms with Crippen molar-refractivity contribution in [2.75, 3.05) is 18.8 Å². The molecule has 5 rings (SSSR count). The van der Waals surface area contributed by atoms with Crippen LogP contribution in [0.4, 0.5) is 0 Å². The number of nitrogens with one attached hydrogen (secondary N) is 1. The van der Waals surface area contributed by atoms with Crippen LogP contribution in [0.25, 0.3) is 0 Å². The Bertz CT molecular complexity index is 1380. The highest BCUT2D eigenvalue weighted by Crippen LogP contribution is 2.65. The van der Waals surface area contributed by atoms with E-state index < -0.39 is 50.1 Å². The lowest BCUT2D eigenvalue weighted by Crippen LogP contribution is -2.49. The molecule has 5 fully saturated rings. The summed E-state index contributed by atoms with van der Waals surface area (Å²) in [6.45, 7) is 8.49. The molecule has 1 N–H and O–H groups in total. The van der Waals surface area contributed by atoms with Gasteiger partial charge in [-0.15, -0.1) is 6.58 Å². The fraction of sp³-hybridized carbons (Fsp3) is 0.821. The molecule has 0 aromatic heterocycles. The van der Waals surface area contributed by atoms with E-state index in [0.29, 0.717) is 32.2 Å². The van der Waals surface area contributed by atoms with Gasteiger partial charge in [-0.2, -0.15) is 0 Å². The van der Waals surface area contributed by atoms with E-state index in [0.717, 1.165) is 77.0 Å². The summed E-state index contributed by atoms with van der Waals surface area (Å²) in [5.41, 5.74) is -0.645. The summed E-state index contributed by atoms with van der Waals surface area (Å²) in [4.78, 5) is 70.5. The summed E-state index contributed by atoms with van der Waals surface area (Å²) in [6.07, 6.45) is 14.9. The molecular weight excluding hydrogens is 641 g/mol. The molecule has 5 aliphatic rings. The molecule has 3 aliphatic heterocycles. The first kappa shape index (κ1) is 37.9. The van der Waals surface area contributed by atoms with E-state index in [1.807, 2.05) is 0 Å². The second-order valence-electron chi connectivity index (χ2n) is 16.7. The van der Waals surface area contributed by atoms with E-state index in [9.17, 15) is 32.4 Å². The SMILES string of the molecule is C=CCNC(=O)C(=O)[C@@H]1CCCCCCCCC[C@H](CC(=O)CC2([C@H]3CCCS3(=O)=O)CCCCC2)C(=O)N2C[C@H]3[C@@H]([C@H]2C(=O)C1)C3(C)C. The van der Waals surface area contributed by atoms with Gasteiger partial charge in [0.25, 0.3) is 5.91 Å². The fourth-order valence-electron chi connectivity index (χ4n) is 10.3. The molecule has 0 bridgehead atoms. The summed E-state index contributed by atoms with van der Waals surface area (Å²) >= 11 is 0. The highest BCUT2D eigenvalue weighted by atomic mass is 32.2. The zero-order chi connectivity index (χ0) is 35.4. The molecule has 2 aliphatic carbocycles. The van der Waals surface area contributed by atoms with E-state index in [4.69, 9.17) is 0 Å². The number of hydrogen-bond acceptors (Lipinski definition) is 7. The van der Waals surface area contributed by atoms with Crippen molar-refractivity contribution in [2.24, 2.45) is 34.5 Å². The van der Waals surface area contributed by atoms with Crippen molar-refractivity contribution in [1.29, 1.82) is 0 Å². The van der Waals surface area contributed by atoms with E-state index in [1.54, 1.807) is 4.90 Å². The number of piperidine rings is 1. The van der Waals surface area contributed by atoms with Gasteiger partial charge in [0.15, 0.2) is 15.6 Å². The van der Waals surface area contributed by atoms with Crippen LogP contribution in [-0.2, 0) is 33.8 Å². The monoisotopic (exact) mass is 700 g/mol. The minimum atomic E-state index is -3.24. The maximum Gasteiger partial charge on any atom is 0.287 e. The molecule has 6 atom stereocenters. The van der Waals surface area contributed by atoms with Crippen LogP contribution in [0.2, 0.25) is 0 Å². The molecule has 0 radical (unpaired) electrons. The third kappa shape index (κ3) is 8.41. The predicted molar refractivity (Wildman–Crippen MR) is 189 cm³/mol. The molecule has 2 amide bonds. The Labute approximate surface area is 294 Å². The predicted octanol–water partition coefficient (Wildman–Crippen LogP) is 5.93. The topological polar surface area (TPSA) is 135 Å². The van der Waals surface area contributed by atoms with Crippen molar-refractivity contribution in [3.05, 3.63) is 12.7 Å². The third-order valence-electron chi connectivity index (χ3n) is 13.1. The van der Waals surface area contributed by atoms with Gasteiger partial charge in [0.05, 0.1) is 17.0 Å². The van der Waals surface area contributed by atoms with Gasteiger partial charge >= 0.3 is 0 Å². The van der Waals surface area contributed by atoms with Gasteiger partial charge < -0.3 is 10.2 Å². The number of hydrogen-bond donors (Lipinski definition) is 1. The number of carbonyl (C=O) groups excluding carboxylic acids is 5. The van der Waals surface area contributed by atoms with Crippen molar-refractivity contribution >= 4 is 39.0 Å². The zero-order valence-electron chi connectivity index (χ0n) is 30.0. The largest absolute Gasteiger partial charge is 0.346 e. The Kier molecular flexibility index (Phi) is 12.3. The second-order valence-corrected chi connectivity index (χ2v) is 19.0. The quantitative estimate of drug-likeness (QED) is 0.233. The van der Waals surface area contributed by atoms with Gasteiger partial charge in [0.2, 0.25) is 11.7 Å². The molecule has 49 heavy (non-hydrogen) atoms. The molecular formula is C39H60N2O7S. The molecule has 0 aromatic carbocycles. The van der Waals surface area contributed by atoms with E-state index in [-0.39, 0.29) is 66.3 Å². The zero-order valence-corrected chi connectivity index (χ0v) is 30.8. The minimum absolute atomic E-state index is 0.0115. The molecule has 0 unspecified atom stereocenters. The number of ketones is 3. The molecule has 9 nitrogen and oxygen atoms in total. The van der Waals surface area contributed by atoms with Crippen molar-refractivity contribution in [3.63, 3.8) is 0 Å². The van der Waals surface area contributed by atoms with Crippen molar-refractivity contribution in [2.45, 2.75) is 147 Å². The van der Waals surface area contributed by atoms with Gasteiger partial charge in [-0.3, -0.25) is 24.0 Å². The Morgan fingerprint density at radius 3 is 2.16 bits per heavy atom. The van der Waals surface area contributed by atoms with E-state index >= 15 is 0 Å². The number of fused-ring (bicyclic) bond motifs is 3. The van der Waals surface area contributed by atoms with Gasteiger partial charge in [-0.05, 0) is 61.2 Å². The van der Waals surface area contributed by atoms with Gasteiger partial charge in [0, 0.05) is 44.2 Å². The molecule has 3 heterocycles. The summed E-state index contributed by atoms with van der Waals surface area (Å²) < 4.78 is 26.3. The van der Waals surface area contributed by atoms with E-state index in [1.165, 1.54) is 6.08 Å². The molecule has 274 valence electrons. The van der Waals surface area contributed by atoms with Crippen LogP contribution in [0, 0.1) is 34.5 Å². The minimum Gasteiger partial charge on any atom is -0.346 e. The van der Waals surface area contributed by atoms with Crippen LogP contribution >= 0.6 is 0 Å². The van der Waals surface area contributed by atoms with Crippen molar-refractivity contribution in [3.8, 4) is 0 Å². The molecule has 10 heteroatoms. The van der Waals surface area contributed by atoms with Crippen LogP contribution in [-0.4, -0.2) is 72.6 Å².